The first-order chi connectivity index (χ1) is 2.94. The molecule has 0 aliphatic carbocycles. The molecular formula is C5H9AgO2. The molecule has 0 aliphatic rings. The topological polar surface area (TPSA) is 40.1 Å². The summed E-state index contributed by atoms with van der Waals surface area (Å²) in [6, 6.07) is 0. The Morgan fingerprint density at radius 2 is 1.50 bits per heavy atom. The van der Waals surface area contributed by atoms with Crippen molar-refractivity contribution in [2.45, 2.75) is 20.8 Å². The normalized spacial score (nSPS) is 9.88. The molecule has 0 unspecified atom stereocenters. The van der Waals surface area contributed by atoms with Crippen LogP contribution in [0, 0.1) is 5.41 Å². The van der Waals surface area contributed by atoms with E-state index in [1.165, 1.54) is 0 Å². The van der Waals surface area contributed by atoms with Crippen molar-refractivity contribution < 1.29 is 32.3 Å². The fraction of sp³-hybridized carbons (Fsp3) is 0.800. The third-order valence-electron chi connectivity index (χ3n) is 0.612. The number of hydrogen-bond donors (Lipinski definition) is 0. The van der Waals surface area contributed by atoms with E-state index in [9.17, 15) is 9.90 Å². The zero-order valence-corrected chi connectivity index (χ0v) is 6.60. The smallest absolute Gasteiger partial charge is 0.550 e. The van der Waals surface area contributed by atoms with Crippen molar-refractivity contribution in [3.63, 3.8) is 0 Å². The van der Waals surface area contributed by atoms with Gasteiger partial charge in [-0.15, -0.1) is 0 Å². The number of carboxylic acid groups (broad SMARTS) is 1. The number of aliphatic carboxylic acids is 1. The molecule has 0 amide bonds. The second-order valence-electron chi connectivity index (χ2n) is 2.54. The van der Waals surface area contributed by atoms with Crippen molar-refractivity contribution in [1.82, 2.24) is 0 Å². The largest absolute Gasteiger partial charge is 1.00 e. The van der Waals surface area contributed by atoms with Crippen LogP contribution in [0.15, 0.2) is 0 Å². The second kappa shape index (κ2) is 3.28. The second-order valence-corrected chi connectivity index (χ2v) is 2.54. The van der Waals surface area contributed by atoms with Gasteiger partial charge in [0.25, 0.3) is 0 Å². The molecule has 0 saturated heterocycles. The Hall–Kier alpha value is 0.210. The van der Waals surface area contributed by atoms with E-state index in [0.29, 0.717) is 0 Å². The molecule has 8 heavy (non-hydrogen) atoms. The molecule has 0 atom stereocenters. The van der Waals surface area contributed by atoms with Crippen LogP contribution in [0.25, 0.3) is 0 Å². The fourth-order valence-electron chi connectivity index (χ4n) is 0. The van der Waals surface area contributed by atoms with Crippen LogP contribution in [-0.2, 0) is 27.2 Å². The molecule has 0 aromatic carbocycles. The minimum atomic E-state index is -1.01. The van der Waals surface area contributed by atoms with E-state index in [1.54, 1.807) is 20.8 Å². The summed E-state index contributed by atoms with van der Waals surface area (Å²) in [4.78, 5) is 9.91. The zero-order valence-electron chi connectivity index (χ0n) is 5.12. The maximum absolute atomic E-state index is 9.91. The van der Waals surface area contributed by atoms with Gasteiger partial charge in [0.1, 0.15) is 0 Å². The van der Waals surface area contributed by atoms with Crippen molar-refractivity contribution >= 4 is 5.97 Å². The first-order valence-corrected chi connectivity index (χ1v) is 2.16. The molecule has 0 spiro atoms. The SMILES string of the molecule is CC(C)(C)C(=O)[O-].[Ag+]. The third-order valence-corrected chi connectivity index (χ3v) is 0.612. The number of rotatable bonds is 0. The van der Waals surface area contributed by atoms with E-state index >= 15 is 0 Å². The van der Waals surface area contributed by atoms with Crippen molar-refractivity contribution in [2.75, 3.05) is 0 Å². The van der Waals surface area contributed by atoms with E-state index in [0.717, 1.165) is 0 Å². The van der Waals surface area contributed by atoms with Gasteiger partial charge in [-0.3, -0.25) is 0 Å². The van der Waals surface area contributed by atoms with E-state index < -0.39 is 11.4 Å². The van der Waals surface area contributed by atoms with Gasteiger partial charge in [0, 0.05) is 11.4 Å². The Morgan fingerprint density at radius 1 is 1.38 bits per heavy atom. The van der Waals surface area contributed by atoms with Gasteiger partial charge in [0.2, 0.25) is 0 Å². The summed E-state index contributed by atoms with van der Waals surface area (Å²) in [7, 11) is 0. The molecule has 0 N–H and O–H groups in total. The first-order valence-electron chi connectivity index (χ1n) is 2.16. The zero-order chi connectivity index (χ0) is 6.08. The van der Waals surface area contributed by atoms with Gasteiger partial charge in [-0.2, -0.15) is 0 Å². The van der Waals surface area contributed by atoms with Gasteiger partial charge in [-0.1, -0.05) is 20.8 Å². The predicted octanol–water partition coefficient (Wildman–Crippen LogP) is -0.220. The minimum absolute atomic E-state index is 0. The molecule has 2 nitrogen and oxygen atoms in total. The van der Waals surface area contributed by atoms with Crippen LogP contribution in [0.1, 0.15) is 20.8 Å². The monoisotopic (exact) mass is 208 g/mol. The van der Waals surface area contributed by atoms with Crippen LogP contribution < -0.4 is 5.11 Å². The van der Waals surface area contributed by atoms with Crippen molar-refractivity contribution in [3.8, 4) is 0 Å². The molecule has 52 valence electrons. The number of hydrogen-bond acceptors (Lipinski definition) is 2. The Bertz CT molecular complexity index is 82.9. The fourth-order valence-corrected chi connectivity index (χ4v) is 0. The van der Waals surface area contributed by atoms with Crippen molar-refractivity contribution in [1.29, 1.82) is 0 Å². The standard InChI is InChI=1S/C5H10O2.Ag/c1-5(2,3)4(6)7;/h1-3H3,(H,6,7);/q;+1/p-1. The van der Waals surface area contributed by atoms with Crippen LogP contribution in [0.5, 0.6) is 0 Å². The van der Waals surface area contributed by atoms with E-state index in [-0.39, 0.29) is 22.4 Å². The number of carboxylic acids is 1. The predicted molar refractivity (Wildman–Crippen MR) is 24.5 cm³/mol. The average molecular weight is 209 g/mol. The van der Waals surface area contributed by atoms with Gasteiger partial charge >= 0.3 is 22.4 Å². The molecular weight excluding hydrogens is 200 g/mol. The van der Waals surface area contributed by atoms with Gasteiger partial charge in [0.05, 0.1) is 0 Å². The van der Waals surface area contributed by atoms with Crippen molar-refractivity contribution in [2.24, 2.45) is 5.41 Å². The Kier molecular flexibility index (Phi) is 4.53. The molecule has 0 aromatic rings. The van der Waals surface area contributed by atoms with E-state index in [4.69, 9.17) is 0 Å². The summed E-state index contributed by atoms with van der Waals surface area (Å²) in [5.74, 6) is -1.01. The summed E-state index contributed by atoms with van der Waals surface area (Å²) in [6.07, 6.45) is 0. The summed E-state index contributed by atoms with van der Waals surface area (Å²) in [6.45, 7) is 4.80. The molecule has 0 rings (SSSR count). The van der Waals surface area contributed by atoms with Crippen LogP contribution in [0.2, 0.25) is 0 Å². The van der Waals surface area contributed by atoms with Crippen LogP contribution in [0.3, 0.4) is 0 Å². The summed E-state index contributed by atoms with van der Waals surface area (Å²) in [5.41, 5.74) is -0.694. The molecule has 0 heterocycles. The van der Waals surface area contributed by atoms with Gasteiger partial charge in [0.15, 0.2) is 0 Å². The van der Waals surface area contributed by atoms with Gasteiger partial charge < -0.3 is 9.90 Å². The quantitative estimate of drug-likeness (QED) is 0.517. The summed E-state index contributed by atoms with van der Waals surface area (Å²) < 4.78 is 0. The molecule has 0 radical (unpaired) electrons. The molecule has 0 aromatic heterocycles. The maximum atomic E-state index is 9.91. The summed E-state index contributed by atoms with van der Waals surface area (Å²) >= 11 is 0. The van der Waals surface area contributed by atoms with Crippen LogP contribution in [0.4, 0.5) is 0 Å². The van der Waals surface area contributed by atoms with Gasteiger partial charge in [-0.05, 0) is 0 Å². The first kappa shape index (κ1) is 11.1. The van der Waals surface area contributed by atoms with Crippen molar-refractivity contribution in [3.05, 3.63) is 0 Å². The molecule has 3 heteroatoms. The molecule has 0 aliphatic heterocycles. The summed E-state index contributed by atoms with van der Waals surface area (Å²) in [5, 5.41) is 9.91. The van der Waals surface area contributed by atoms with E-state index in [2.05, 4.69) is 0 Å². The Labute approximate surface area is 64.8 Å². The molecule has 0 fully saturated rings. The Balaban J connectivity index is 0. The molecule has 0 saturated carbocycles. The van der Waals surface area contributed by atoms with Crippen LogP contribution >= 0.6 is 0 Å². The molecule has 0 bridgehead atoms. The number of carbonyl (C=O) groups is 1. The van der Waals surface area contributed by atoms with Gasteiger partial charge in [-0.25, -0.2) is 0 Å². The average Bonchev–Trinajstić information content (AvgIpc) is 1.31. The van der Waals surface area contributed by atoms with Crippen LogP contribution in [-0.4, -0.2) is 5.97 Å². The third kappa shape index (κ3) is 4.37. The minimum Gasteiger partial charge on any atom is -0.550 e. The number of carbonyl (C=O) groups excluding carboxylic acids is 1. The van der Waals surface area contributed by atoms with E-state index in [1.807, 2.05) is 0 Å². The Morgan fingerprint density at radius 3 is 1.50 bits per heavy atom. The maximum Gasteiger partial charge on any atom is 1.00 e.